The minimum Gasteiger partial charge on any atom is -0.423 e. The fourth-order valence-corrected chi connectivity index (χ4v) is 5.49. The SMILES string of the molecule is CN1C[C@@H](NC(=O)n2cc(Cc3ccccc3)cn2)C(=O)Oc2ccc(N3CC4(CCOCC4)C3)cc21. The Balaban J connectivity index is 1.11. The highest BCUT2D eigenvalue weighted by Crippen LogP contribution is 2.44. The van der Waals surface area contributed by atoms with E-state index in [0.717, 1.165) is 61.6 Å². The highest BCUT2D eigenvalue weighted by atomic mass is 16.5. The first-order valence-electron chi connectivity index (χ1n) is 12.8. The Labute approximate surface area is 215 Å². The number of rotatable bonds is 4. The van der Waals surface area contributed by atoms with Crippen LogP contribution in [0.15, 0.2) is 60.9 Å². The molecule has 37 heavy (non-hydrogen) atoms. The number of nitrogens with one attached hydrogen (secondary N) is 1. The highest BCUT2D eigenvalue weighted by molar-refractivity contribution is 5.88. The summed E-state index contributed by atoms with van der Waals surface area (Å²) >= 11 is 0. The van der Waals surface area contributed by atoms with E-state index in [2.05, 4.69) is 21.4 Å². The number of fused-ring (bicyclic) bond motifs is 1. The summed E-state index contributed by atoms with van der Waals surface area (Å²) in [4.78, 5) is 30.1. The molecule has 9 heteroatoms. The van der Waals surface area contributed by atoms with Crippen LogP contribution in [0.5, 0.6) is 5.75 Å². The second-order valence-corrected chi connectivity index (χ2v) is 10.4. The van der Waals surface area contributed by atoms with Gasteiger partial charge < -0.3 is 24.6 Å². The Hall–Kier alpha value is -3.85. The van der Waals surface area contributed by atoms with Crippen LogP contribution in [-0.4, -0.2) is 67.7 Å². The maximum absolute atomic E-state index is 12.9. The second-order valence-electron chi connectivity index (χ2n) is 10.4. The molecule has 3 aliphatic heterocycles. The standard InChI is InChI=1S/C28H31N5O4/c1-31-17-23(30-27(35)33-16-21(15-29-33)13-20-5-3-2-4-6-20)26(34)37-25-8-7-22(14-24(25)31)32-18-28(19-32)9-11-36-12-10-28/h2-8,14-16,23H,9-13,17-19H2,1H3,(H,30,35)/t23-/m1/s1. The molecule has 0 saturated carbocycles. The van der Waals surface area contributed by atoms with Gasteiger partial charge in [-0.15, -0.1) is 0 Å². The zero-order chi connectivity index (χ0) is 25.4. The summed E-state index contributed by atoms with van der Waals surface area (Å²) in [5.74, 6) is 0.00649. The zero-order valence-corrected chi connectivity index (χ0v) is 20.9. The molecule has 3 aliphatic rings. The molecule has 0 unspecified atom stereocenters. The fraction of sp³-hybridized carbons (Fsp3) is 0.393. The lowest BCUT2D eigenvalue weighted by Crippen LogP contribution is -2.58. The van der Waals surface area contributed by atoms with Crippen molar-refractivity contribution in [2.45, 2.75) is 25.3 Å². The molecule has 2 saturated heterocycles. The fourth-order valence-electron chi connectivity index (χ4n) is 5.49. The van der Waals surface area contributed by atoms with E-state index in [1.807, 2.05) is 54.4 Å². The van der Waals surface area contributed by atoms with Gasteiger partial charge in [0, 0.05) is 63.6 Å². The summed E-state index contributed by atoms with van der Waals surface area (Å²) in [6.45, 7) is 4.02. The zero-order valence-electron chi connectivity index (χ0n) is 20.9. The average molecular weight is 502 g/mol. The summed E-state index contributed by atoms with van der Waals surface area (Å²) in [5, 5.41) is 6.98. The first kappa shape index (κ1) is 23.5. The Kier molecular flexibility index (Phi) is 6.08. The van der Waals surface area contributed by atoms with E-state index in [1.165, 1.54) is 4.68 Å². The highest BCUT2D eigenvalue weighted by Gasteiger charge is 2.44. The predicted octanol–water partition coefficient (Wildman–Crippen LogP) is 3.07. The molecule has 1 aromatic heterocycles. The van der Waals surface area contributed by atoms with Crippen LogP contribution in [0.25, 0.3) is 0 Å². The molecule has 1 N–H and O–H groups in total. The number of hydrogen-bond donors (Lipinski definition) is 1. The molecule has 0 bridgehead atoms. The van der Waals surface area contributed by atoms with Gasteiger partial charge in [-0.2, -0.15) is 9.78 Å². The van der Waals surface area contributed by atoms with Crippen molar-refractivity contribution in [3.63, 3.8) is 0 Å². The van der Waals surface area contributed by atoms with Crippen LogP contribution in [0.1, 0.15) is 24.0 Å². The number of aromatic nitrogens is 2. The van der Waals surface area contributed by atoms with Crippen molar-refractivity contribution in [2.75, 3.05) is 49.7 Å². The van der Waals surface area contributed by atoms with E-state index in [0.29, 0.717) is 24.1 Å². The van der Waals surface area contributed by atoms with Crippen molar-refractivity contribution < 1.29 is 19.1 Å². The van der Waals surface area contributed by atoms with Crippen molar-refractivity contribution in [1.82, 2.24) is 15.1 Å². The first-order chi connectivity index (χ1) is 18.0. The van der Waals surface area contributed by atoms with Crippen LogP contribution in [0.2, 0.25) is 0 Å². The molecule has 6 rings (SSSR count). The predicted molar refractivity (Wildman–Crippen MR) is 139 cm³/mol. The van der Waals surface area contributed by atoms with E-state index in [1.54, 1.807) is 12.4 Å². The largest absolute Gasteiger partial charge is 0.423 e. The molecule has 192 valence electrons. The van der Waals surface area contributed by atoms with Gasteiger partial charge in [0.2, 0.25) is 0 Å². The van der Waals surface area contributed by atoms with Crippen molar-refractivity contribution in [1.29, 1.82) is 0 Å². The Morgan fingerprint density at radius 2 is 1.89 bits per heavy atom. The number of benzene rings is 2. The van der Waals surface area contributed by atoms with Gasteiger partial charge in [0.1, 0.15) is 6.04 Å². The van der Waals surface area contributed by atoms with Crippen LogP contribution in [0.4, 0.5) is 16.2 Å². The van der Waals surface area contributed by atoms with Gasteiger partial charge in [0.25, 0.3) is 0 Å². The Morgan fingerprint density at radius 3 is 2.68 bits per heavy atom. The van der Waals surface area contributed by atoms with Gasteiger partial charge in [-0.3, -0.25) is 0 Å². The first-order valence-corrected chi connectivity index (χ1v) is 12.8. The summed E-state index contributed by atoms with van der Waals surface area (Å²) in [6, 6.07) is 14.6. The lowest BCUT2D eigenvalue weighted by Gasteiger charge is -2.53. The number of likely N-dealkylation sites (N-methyl/N-ethyl adjacent to an activating group) is 1. The van der Waals surface area contributed by atoms with Crippen molar-refractivity contribution in [3.8, 4) is 5.75 Å². The molecule has 3 aromatic rings. The second kappa shape index (κ2) is 9.55. The molecule has 2 aromatic carbocycles. The molecule has 2 fully saturated rings. The van der Waals surface area contributed by atoms with Gasteiger partial charge >= 0.3 is 12.0 Å². The lowest BCUT2D eigenvalue weighted by molar-refractivity contribution is -0.135. The summed E-state index contributed by atoms with van der Waals surface area (Å²) in [6.07, 6.45) is 6.25. The van der Waals surface area contributed by atoms with E-state index in [9.17, 15) is 9.59 Å². The lowest BCUT2D eigenvalue weighted by atomic mass is 9.73. The Morgan fingerprint density at radius 1 is 1.11 bits per heavy atom. The number of carbonyl (C=O) groups excluding carboxylic acids is 2. The van der Waals surface area contributed by atoms with E-state index < -0.39 is 18.0 Å². The third-order valence-corrected chi connectivity index (χ3v) is 7.67. The maximum Gasteiger partial charge on any atom is 0.342 e. The smallest absolute Gasteiger partial charge is 0.342 e. The third-order valence-electron chi connectivity index (χ3n) is 7.67. The van der Waals surface area contributed by atoms with E-state index >= 15 is 0 Å². The average Bonchev–Trinajstić information content (AvgIpc) is 3.32. The number of nitrogens with zero attached hydrogens (tertiary/aromatic N) is 4. The van der Waals surface area contributed by atoms with Crippen molar-refractivity contribution in [3.05, 3.63) is 72.1 Å². The maximum atomic E-state index is 12.9. The van der Waals surface area contributed by atoms with E-state index in [-0.39, 0.29) is 0 Å². The number of ether oxygens (including phenoxy) is 2. The van der Waals surface area contributed by atoms with Crippen molar-refractivity contribution >= 4 is 23.4 Å². The number of anilines is 2. The molecule has 1 amide bonds. The molecular formula is C28H31N5O4. The van der Waals surface area contributed by atoms with Gasteiger partial charge in [-0.05, 0) is 42.2 Å². The normalized spacial score (nSPS) is 20.6. The minimum atomic E-state index is -0.829. The molecule has 1 atom stereocenters. The minimum absolute atomic E-state index is 0.292. The molecule has 9 nitrogen and oxygen atoms in total. The number of esters is 1. The monoisotopic (exact) mass is 501 g/mol. The third kappa shape index (κ3) is 4.79. The van der Waals surface area contributed by atoms with Gasteiger partial charge in [0.05, 0.1) is 11.9 Å². The van der Waals surface area contributed by atoms with Gasteiger partial charge in [0.15, 0.2) is 5.75 Å². The van der Waals surface area contributed by atoms with Crippen LogP contribution in [-0.2, 0) is 16.0 Å². The van der Waals surface area contributed by atoms with Gasteiger partial charge in [-0.1, -0.05) is 30.3 Å². The van der Waals surface area contributed by atoms with Crippen molar-refractivity contribution in [2.24, 2.45) is 5.41 Å². The quantitative estimate of drug-likeness (QED) is 0.434. The molecule has 0 radical (unpaired) electrons. The van der Waals surface area contributed by atoms with Gasteiger partial charge in [-0.25, -0.2) is 9.59 Å². The summed E-state index contributed by atoms with van der Waals surface area (Å²) in [5.41, 5.74) is 4.36. The number of carbonyl (C=O) groups is 2. The molecular weight excluding hydrogens is 470 g/mol. The topological polar surface area (TPSA) is 88.9 Å². The number of amides is 1. The Bertz CT molecular complexity index is 1290. The molecule has 0 aliphatic carbocycles. The van der Waals surface area contributed by atoms with Crippen LogP contribution in [0.3, 0.4) is 0 Å². The van der Waals surface area contributed by atoms with Crippen LogP contribution >= 0.6 is 0 Å². The van der Waals surface area contributed by atoms with Crippen LogP contribution < -0.4 is 19.9 Å². The summed E-state index contributed by atoms with van der Waals surface area (Å²) in [7, 11) is 1.91. The molecule has 1 spiro atoms. The van der Waals surface area contributed by atoms with E-state index in [4.69, 9.17) is 9.47 Å². The van der Waals surface area contributed by atoms with Crippen LogP contribution in [0, 0.1) is 5.41 Å². The number of hydrogen-bond acceptors (Lipinski definition) is 7. The molecule has 4 heterocycles. The summed E-state index contributed by atoms with van der Waals surface area (Å²) < 4.78 is 12.5.